The van der Waals surface area contributed by atoms with Crippen molar-refractivity contribution >= 4 is 0 Å². The van der Waals surface area contributed by atoms with E-state index in [9.17, 15) is 5.11 Å². The summed E-state index contributed by atoms with van der Waals surface area (Å²) in [6.07, 6.45) is 8.55. The van der Waals surface area contributed by atoms with Crippen molar-refractivity contribution in [2.24, 2.45) is 11.8 Å². The molecule has 2 fully saturated rings. The minimum absolute atomic E-state index is 0.101. The zero-order valence-electron chi connectivity index (χ0n) is 17.4. The molecule has 1 aliphatic heterocycles. The van der Waals surface area contributed by atoms with E-state index in [-0.39, 0.29) is 18.5 Å². The standard InChI is InChI=1S/C23H27N3O4/c1-4-10-30-18-7-5-6-16(11-18)13-26-14-17-8-9-23(27,20(17)15-26)19-12-24-22(29-3)25-21(19)28-2/h1,5-7,11-12,17,20,27H,8-10,13-15H2,2-3H3/t17-,20+,23+/m0/s1. The summed E-state index contributed by atoms with van der Waals surface area (Å²) in [5.41, 5.74) is 0.803. The molecular formula is C23H27N3O4. The number of hydrogen-bond donors (Lipinski definition) is 1. The molecule has 2 aliphatic rings. The maximum atomic E-state index is 11.7. The molecule has 1 aliphatic carbocycles. The molecule has 0 amide bonds. The Morgan fingerprint density at radius 2 is 2.17 bits per heavy atom. The number of ether oxygens (including phenoxy) is 3. The molecular weight excluding hydrogens is 382 g/mol. The fourth-order valence-corrected chi connectivity index (χ4v) is 4.87. The lowest BCUT2D eigenvalue weighted by Crippen LogP contribution is -2.35. The summed E-state index contributed by atoms with van der Waals surface area (Å²) in [5, 5.41) is 11.7. The van der Waals surface area contributed by atoms with Gasteiger partial charge in [-0.25, -0.2) is 4.98 Å². The van der Waals surface area contributed by atoms with Crippen LogP contribution in [0.25, 0.3) is 0 Å². The van der Waals surface area contributed by atoms with E-state index in [0.717, 1.165) is 31.8 Å². The van der Waals surface area contributed by atoms with Crippen LogP contribution in [0.4, 0.5) is 0 Å². The number of terminal acetylenes is 1. The van der Waals surface area contributed by atoms with Gasteiger partial charge in [0.2, 0.25) is 5.88 Å². The van der Waals surface area contributed by atoms with Gasteiger partial charge in [0.25, 0.3) is 0 Å². The zero-order chi connectivity index (χ0) is 21.1. The number of hydrogen-bond acceptors (Lipinski definition) is 7. The van der Waals surface area contributed by atoms with Gasteiger partial charge in [-0.2, -0.15) is 4.98 Å². The van der Waals surface area contributed by atoms with E-state index in [1.54, 1.807) is 13.3 Å². The van der Waals surface area contributed by atoms with Gasteiger partial charge in [0.1, 0.15) is 18.0 Å². The van der Waals surface area contributed by atoms with Crippen LogP contribution in [-0.4, -0.2) is 53.9 Å². The second kappa shape index (κ2) is 8.50. The second-order valence-electron chi connectivity index (χ2n) is 7.94. The lowest BCUT2D eigenvalue weighted by Gasteiger charge is -2.31. The molecule has 0 unspecified atom stereocenters. The normalized spacial score (nSPS) is 25.5. The summed E-state index contributed by atoms with van der Waals surface area (Å²) in [7, 11) is 3.06. The molecule has 2 aromatic rings. The van der Waals surface area contributed by atoms with Gasteiger partial charge < -0.3 is 19.3 Å². The highest BCUT2D eigenvalue weighted by atomic mass is 16.5. The molecule has 1 saturated heterocycles. The third-order valence-corrected chi connectivity index (χ3v) is 6.23. The third kappa shape index (κ3) is 3.81. The van der Waals surface area contributed by atoms with Crippen LogP contribution >= 0.6 is 0 Å². The molecule has 7 heteroatoms. The minimum atomic E-state index is -1.01. The number of fused-ring (bicyclic) bond motifs is 1. The predicted octanol–water partition coefficient (Wildman–Crippen LogP) is 2.24. The summed E-state index contributed by atoms with van der Waals surface area (Å²) < 4.78 is 16.1. The molecule has 0 bridgehead atoms. The van der Waals surface area contributed by atoms with Crippen LogP contribution in [0.3, 0.4) is 0 Å². The fraction of sp³-hybridized carbons (Fsp3) is 0.478. The fourth-order valence-electron chi connectivity index (χ4n) is 4.87. The highest BCUT2D eigenvalue weighted by Crippen LogP contribution is 2.52. The van der Waals surface area contributed by atoms with Crippen molar-refractivity contribution in [3.05, 3.63) is 41.6 Å². The Morgan fingerprint density at radius 1 is 1.30 bits per heavy atom. The number of rotatable bonds is 7. The Labute approximate surface area is 177 Å². The average Bonchev–Trinajstić information content (AvgIpc) is 3.32. The molecule has 30 heavy (non-hydrogen) atoms. The maximum absolute atomic E-state index is 11.7. The molecule has 1 N–H and O–H groups in total. The lowest BCUT2D eigenvalue weighted by atomic mass is 9.83. The number of nitrogens with zero attached hydrogens (tertiary/aromatic N) is 3. The largest absolute Gasteiger partial charge is 0.481 e. The van der Waals surface area contributed by atoms with Crippen LogP contribution in [0.15, 0.2) is 30.5 Å². The molecule has 4 rings (SSSR count). The van der Waals surface area contributed by atoms with Gasteiger partial charge in [-0.3, -0.25) is 4.90 Å². The van der Waals surface area contributed by atoms with Gasteiger partial charge in [-0.15, -0.1) is 6.42 Å². The van der Waals surface area contributed by atoms with Crippen molar-refractivity contribution < 1.29 is 19.3 Å². The van der Waals surface area contributed by atoms with Crippen LogP contribution in [-0.2, 0) is 12.1 Å². The first-order valence-corrected chi connectivity index (χ1v) is 10.1. The monoisotopic (exact) mass is 409 g/mol. The summed E-state index contributed by atoms with van der Waals surface area (Å²) >= 11 is 0. The first-order chi connectivity index (χ1) is 14.6. The van der Waals surface area contributed by atoms with E-state index < -0.39 is 5.60 Å². The van der Waals surface area contributed by atoms with Gasteiger partial charge in [-0.05, 0) is 36.5 Å². The molecule has 7 nitrogen and oxygen atoms in total. The van der Waals surface area contributed by atoms with Crippen LogP contribution in [0.2, 0.25) is 0 Å². The van der Waals surface area contributed by atoms with E-state index in [1.165, 1.54) is 12.7 Å². The number of likely N-dealkylation sites (tertiary alicyclic amines) is 1. The summed E-state index contributed by atoms with van der Waals surface area (Å²) in [6.45, 7) is 2.80. The quantitative estimate of drug-likeness (QED) is 0.703. The molecule has 1 saturated carbocycles. The maximum Gasteiger partial charge on any atom is 0.319 e. The summed E-state index contributed by atoms with van der Waals surface area (Å²) in [5.74, 6) is 4.16. The second-order valence-corrected chi connectivity index (χ2v) is 7.94. The minimum Gasteiger partial charge on any atom is -0.481 e. The number of benzene rings is 1. The Hall–Kier alpha value is -2.82. The van der Waals surface area contributed by atoms with Crippen molar-refractivity contribution in [2.45, 2.75) is 25.0 Å². The third-order valence-electron chi connectivity index (χ3n) is 6.23. The molecule has 1 aromatic carbocycles. The summed E-state index contributed by atoms with van der Waals surface area (Å²) in [6, 6.07) is 8.23. The van der Waals surface area contributed by atoms with Crippen LogP contribution < -0.4 is 14.2 Å². The smallest absolute Gasteiger partial charge is 0.319 e. The molecule has 0 spiro atoms. The molecule has 3 atom stereocenters. The Balaban J connectivity index is 1.50. The number of methoxy groups -OCH3 is 2. The van der Waals surface area contributed by atoms with Crippen LogP contribution in [0.1, 0.15) is 24.0 Å². The van der Waals surface area contributed by atoms with Gasteiger partial charge in [0.15, 0.2) is 0 Å². The number of aromatic nitrogens is 2. The van der Waals surface area contributed by atoms with Gasteiger partial charge in [-0.1, -0.05) is 18.1 Å². The Morgan fingerprint density at radius 3 is 2.93 bits per heavy atom. The Bertz CT molecular complexity index is 944. The SMILES string of the molecule is C#CCOc1cccc(CN2C[C@@H]3CC[C@@](O)(c4cnc(OC)nc4OC)[C@@H]3C2)c1. The van der Waals surface area contributed by atoms with Gasteiger partial charge in [0, 0.05) is 31.7 Å². The van der Waals surface area contributed by atoms with Crippen molar-refractivity contribution in [1.29, 1.82) is 0 Å². The molecule has 2 heterocycles. The van der Waals surface area contributed by atoms with E-state index in [4.69, 9.17) is 20.6 Å². The first-order valence-electron chi connectivity index (χ1n) is 10.1. The summed E-state index contributed by atoms with van der Waals surface area (Å²) in [4.78, 5) is 10.9. The highest BCUT2D eigenvalue weighted by Gasteiger charge is 2.53. The molecule has 0 radical (unpaired) electrons. The van der Waals surface area contributed by atoms with Gasteiger partial charge >= 0.3 is 6.01 Å². The van der Waals surface area contributed by atoms with E-state index in [2.05, 4.69) is 26.9 Å². The average molecular weight is 409 g/mol. The number of aliphatic hydroxyl groups is 1. The molecule has 158 valence electrons. The van der Waals surface area contributed by atoms with Crippen molar-refractivity contribution in [1.82, 2.24) is 14.9 Å². The topological polar surface area (TPSA) is 76.9 Å². The van der Waals surface area contributed by atoms with Crippen LogP contribution in [0, 0.1) is 24.2 Å². The van der Waals surface area contributed by atoms with Crippen LogP contribution in [0.5, 0.6) is 17.6 Å². The van der Waals surface area contributed by atoms with Crippen molar-refractivity contribution in [3.8, 4) is 30.0 Å². The van der Waals surface area contributed by atoms with Crippen molar-refractivity contribution in [3.63, 3.8) is 0 Å². The van der Waals surface area contributed by atoms with Gasteiger partial charge in [0.05, 0.1) is 19.8 Å². The van der Waals surface area contributed by atoms with E-state index in [0.29, 0.717) is 23.8 Å². The Kier molecular flexibility index (Phi) is 5.80. The predicted molar refractivity (Wildman–Crippen MR) is 111 cm³/mol. The molecule has 1 aromatic heterocycles. The lowest BCUT2D eigenvalue weighted by molar-refractivity contribution is -0.00972. The van der Waals surface area contributed by atoms with E-state index >= 15 is 0 Å². The highest BCUT2D eigenvalue weighted by molar-refractivity contribution is 5.34. The zero-order valence-corrected chi connectivity index (χ0v) is 17.4. The first kappa shape index (κ1) is 20.5. The van der Waals surface area contributed by atoms with E-state index in [1.807, 2.05) is 18.2 Å². The van der Waals surface area contributed by atoms with Crippen molar-refractivity contribution in [2.75, 3.05) is 33.9 Å².